The quantitative estimate of drug-likeness (QED) is 0.298. The van der Waals surface area contributed by atoms with Crippen LogP contribution in [0.5, 0.6) is 11.5 Å². The van der Waals surface area contributed by atoms with E-state index in [0.717, 1.165) is 36.8 Å². The highest BCUT2D eigenvalue weighted by Gasteiger charge is 2.49. The molecule has 2 fully saturated rings. The number of benzene rings is 2. The third-order valence-electron chi connectivity index (χ3n) is 7.09. The first-order valence-corrected chi connectivity index (χ1v) is 12.8. The van der Waals surface area contributed by atoms with Gasteiger partial charge in [0.15, 0.2) is 0 Å². The van der Waals surface area contributed by atoms with E-state index in [4.69, 9.17) is 9.47 Å². The minimum atomic E-state index is -0.677. The number of amides is 1. The highest BCUT2D eigenvalue weighted by Crippen LogP contribution is 2.45. The van der Waals surface area contributed by atoms with Crippen molar-refractivity contribution in [2.45, 2.75) is 83.9 Å². The lowest BCUT2D eigenvalue weighted by molar-refractivity contribution is -0.141. The zero-order valence-corrected chi connectivity index (χ0v) is 22.1. The van der Waals surface area contributed by atoms with Crippen molar-refractivity contribution in [3.8, 4) is 11.5 Å². The van der Waals surface area contributed by atoms with E-state index in [1.807, 2.05) is 50.2 Å². The SMILES string of the molecule is COc1ccc(C(C)(C)C)cc1/C(O)=C1\C(=O)C(=O)N(C2CCCC2)C1c1ccc(OC(C)C)cc1. The molecule has 6 heteroatoms. The van der Waals surface area contributed by atoms with Gasteiger partial charge in [0.25, 0.3) is 11.7 Å². The number of ketones is 1. The Balaban J connectivity index is 1.89. The number of ether oxygens (including phenoxy) is 2. The summed E-state index contributed by atoms with van der Waals surface area (Å²) in [4.78, 5) is 28.6. The highest BCUT2D eigenvalue weighted by molar-refractivity contribution is 6.46. The second-order valence-corrected chi connectivity index (χ2v) is 11.0. The van der Waals surface area contributed by atoms with Crippen LogP contribution in [0.15, 0.2) is 48.0 Å². The number of rotatable bonds is 6. The van der Waals surface area contributed by atoms with Crippen molar-refractivity contribution in [3.63, 3.8) is 0 Å². The Morgan fingerprint density at radius 2 is 1.67 bits per heavy atom. The summed E-state index contributed by atoms with van der Waals surface area (Å²) in [6.07, 6.45) is 3.76. The van der Waals surface area contributed by atoms with Crippen LogP contribution in [0.3, 0.4) is 0 Å². The number of nitrogens with zero attached hydrogens (tertiary/aromatic N) is 1. The van der Waals surface area contributed by atoms with E-state index < -0.39 is 17.7 Å². The van der Waals surface area contributed by atoms with Crippen molar-refractivity contribution in [1.29, 1.82) is 0 Å². The first kappa shape index (κ1) is 25.8. The second kappa shape index (κ2) is 10.00. The molecule has 6 nitrogen and oxygen atoms in total. The van der Waals surface area contributed by atoms with E-state index in [-0.39, 0.29) is 28.9 Å². The zero-order chi connectivity index (χ0) is 26.2. The summed E-state index contributed by atoms with van der Waals surface area (Å²) in [6, 6.07) is 12.4. The number of aliphatic hydroxyl groups excluding tert-OH is 1. The van der Waals surface area contributed by atoms with Crippen molar-refractivity contribution in [3.05, 3.63) is 64.7 Å². The Bertz CT molecular complexity index is 1170. The molecule has 1 heterocycles. The average Bonchev–Trinajstić information content (AvgIpc) is 3.44. The molecule has 1 atom stereocenters. The summed E-state index contributed by atoms with van der Waals surface area (Å²) in [5.41, 5.74) is 2.10. The minimum absolute atomic E-state index is 0.0301. The number of hydrogen-bond acceptors (Lipinski definition) is 5. The largest absolute Gasteiger partial charge is 0.507 e. The zero-order valence-electron chi connectivity index (χ0n) is 22.1. The molecule has 36 heavy (non-hydrogen) atoms. The van der Waals surface area contributed by atoms with E-state index in [2.05, 4.69) is 20.8 Å². The van der Waals surface area contributed by atoms with Crippen molar-refractivity contribution in [1.82, 2.24) is 4.90 Å². The van der Waals surface area contributed by atoms with Gasteiger partial charge in [0.1, 0.15) is 17.3 Å². The van der Waals surface area contributed by atoms with Gasteiger partial charge in [0, 0.05) is 6.04 Å². The molecule has 1 saturated heterocycles. The molecule has 1 aliphatic carbocycles. The van der Waals surface area contributed by atoms with Crippen LogP contribution < -0.4 is 9.47 Å². The molecule has 2 aromatic carbocycles. The lowest BCUT2D eigenvalue weighted by Gasteiger charge is -2.31. The van der Waals surface area contributed by atoms with Gasteiger partial charge in [0.05, 0.1) is 30.4 Å². The van der Waals surface area contributed by atoms with Crippen LogP contribution >= 0.6 is 0 Å². The summed E-state index contributed by atoms with van der Waals surface area (Å²) in [5.74, 6) is -0.251. The number of hydrogen-bond donors (Lipinski definition) is 1. The van der Waals surface area contributed by atoms with Gasteiger partial charge in [-0.05, 0) is 67.5 Å². The van der Waals surface area contributed by atoms with Gasteiger partial charge >= 0.3 is 0 Å². The average molecular weight is 492 g/mol. The number of aliphatic hydroxyl groups is 1. The van der Waals surface area contributed by atoms with Gasteiger partial charge in [-0.1, -0.05) is 51.8 Å². The van der Waals surface area contributed by atoms with Crippen molar-refractivity contribution < 1.29 is 24.2 Å². The Morgan fingerprint density at radius 3 is 2.22 bits per heavy atom. The Labute approximate surface area is 213 Å². The van der Waals surface area contributed by atoms with Crippen molar-refractivity contribution in [2.24, 2.45) is 0 Å². The number of Topliss-reactive ketones (excluding diaryl/α,β-unsaturated/α-hetero) is 1. The molecule has 0 spiro atoms. The summed E-state index contributed by atoms with van der Waals surface area (Å²) < 4.78 is 11.3. The number of carbonyl (C=O) groups is 2. The highest BCUT2D eigenvalue weighted by atomic mass is 16.5. The molecule has 4 rings (SSSR count). The smallest absolute Gasteiger partial charge is 0.295 e. The lowest BCUT2D eigenvalue weighted by Crippen LogP contribution is -2.37. The van der Waals surface area contributed by atoms with E-state index >= 15 is 0 Å². The predicted octanol–water partition coefficient (Wildman–Crippen LogP) is 6.14. The first-order chi connectivity index (χ1) is 17.0. The maximum Gasteiger partial charge on any atom is 0.295 e. The molecule has 0 aromatic heterocycles. The fraction of sp³-hybridized carbons (Fsp3) is 0.467. The molecule has 1 N–H and O–H groups in total. The van der Waals surface area contributed by atoms with Crippen molar-refractivity contribution >= 4 is 17.4 Å². The third-order valence-corrected chi connectivity index (χ3v) is 7.09. The van der Waals surface area contributed by atoms with Gasteiger partial charge in [-0.3, -0.25) is 9.59 Å². The van der Waals surface area contributed by atoms with Crippen LogP contribution in [0.4, 0.5) is 0 Å². The molecular formula is C30H37NO5. The van der Waals surface area contributed by atoms with Gasteiger partial charge < -0.3 is 19.5 Å². The van der Waals surface area contributed by atoms with Crippen LogP contribution in [-0.4, -0.2) is 41.0 Å². The maximum absolute atomic E-state index is 13.5. The van der Waals surface area contributed by atoms with Gasteiger partial charge in [-0.2, -0.15) is 0 Å². The van der Waals surface area contributed by atoms with Crippen LogP contribution in [0, 0.1) is 0 Å². The summed E-state index contributed by atoms with van der Waals surface area (Å²) in [7, 11) is 1.53. The van der Waals surface area contributed by atoms with Crippen LogP contribution in [-0.2, 0) is 15.0 Å². The van der Waals surface area contributed by atoms with E-state index in [1.54, 1.807) is 11.0 Å². The lowest BCUT2D eigenvalue weighted by atomic mass is 9.85. The molecule has 2 aromatic rings. The molecule has 1 saturated carbocycles. The first-order valence-electron chi connectivity index (χ1n) is 12.8. The fourth-order valence-corrected chi connectivity index (χ4v) is 5.24. The molecule has 0 radical (unpaired) electrons. The van der Waals surface area contributed by atoms with E-state index in [0.29, 0.717) is 17.1 Å². The van der Waals surface area contributed by atoms with E-state index in [9.17, 15) is 14.7 Å². The fourth-order valence-electron chi connectivity index (χ4n) is 5.24. The number of methoxy groups -OCH3 is 1. The second-order valence-electron chi connectivity index (χ2n) is 11.0. The third kappa shape index (κ3) is 4.86. The normalized spacial score (nSPS) is 20.4. The Morgan fingerprint density at radius 1 is 1.03 bits per heavy atom. The van der Waals surface area contributed by atoms with Gasteiger partial charge in [0.2, 0.25) is 0 Å². The minimum Gasteiger partial charge on any atom is -0.507 e. The monoisotopic (exact) mass is 491 g/mol. The Hall–Kier alpha value is -3.28. The molecule has 2 aliphatic rings. The van der Waals surface area contributed by atoms with Crippen molar-refractivity contribution in [2.75, 3.05) is 7.11 Å². The predicted molar refractivity (Wildman–Crippen MR) is 140 cm³/mol. The molecular weight excluding hydrogens is 454 g/mol. The van der Waals surface area contributed by atoms with Crippen LogP contribution in [0.25, 0.3) is 5.76 Å². The van der Waals surface area contributed by atoms with Gasteiger partial charge in [-0.15, -0.1) is 0 Å². The number of carbonyl (C=O) groups excluding carboxylic acids is 2. The summed E-state index contributed by atoms with van der Waals surface area (Å²) in [5, 5.41) is 11.7. The molecule has 1 amide bonds. The van der Waals surface area contributed by atoms with Crippen LogP contribution in [0.2, 0.25) is 0 Å². The van der Waals surface area contributed by atoms with E-state index in [1.165, 1.54) is 7.11 Å². The summed E-state index contributed by atoms with van der Waals surface area (Å²) in [6.45, 7) is 10.2. The topological polar surface area (TPSA) is 76.1 Å². The molecule has 1 aliphatic heterocycles. The summed E-state index contributed by atoms with van der Waals surface area (Å²) >= 11 is 0. The van der Waals surface area contributed by atoms with Gasteiger partial charge in [-0.25, -0.2) is 0 Å². The number of likely N-dealkylation sites (tertiary alicyclic amines) is 1. The standard InChI is InChI=1S/C30H37NO5/c1-18(2)36-22-14-11-19(12-15-22)26-25(28(33)29(34)31(26)21-9-7-8-10-21)27(32)23-17-20(30(3,4)5)13-16-24(23)35-6/h11-18,21,26,32H,7-10H2,1-6H3/b27-25+. The molecule has 1 unspecified atom stereocenters. The Kier molecular flexibility index (Phi) is 7.17. The molecule has 0 bridgehead atoms. The van der Waals surface area contributed by atoms with Crippen LogP contribution in [0.1, 0.15) is 83.0 Å². The maximum atomic E-state index is 13.5. The molecule has 192 valence electrons.